The van der Waals surface area contributed by atoms with Crippen LogP contribution in [0.25, 0.3) is 0 Å². The molecule has 0 bridgehead atoms. The summed E-state index contributed by atoms with van der Waals surface area (Å²) < 4.78 is 5.47. The Morgan fingerprint density at radius 1 is 0.808 bits per heavy atom. The molecule has 1 N–H and O–H groups in total. The second kappa shape index (κ2) is 16.6. The van der Waals surface area contributed by atoms with Crippen LogP contribution in [0.5, 0.6) is 0 Å². The Balaban J connectivity index is 3.52. The quantitative estimate of drug-likeness (QED) is 0.210. The number of rotatable bonds is 18. The van der Waals surface area contributed by atoms with Gasteiger partial charge in [-0.3, -0.25) is 4.79 Å². The van der Waals surface area contributed by atoms with Crippen molar-refractivity contribution < 1.29 is 14.6 Å². The third kappa shape index (κ3) is 13.6. The molecule has 26 heavy (non-hydrogen) atoms. The summed E-state index contributed by atoms with van der Waals surface area (Å²) >= 11 is 0. The van der Waals surface area contributed by atoms with Crippen LogP contribution in [-0.4, -0.2) is 22.8 Å². The van der Waals surface area contributed by atoms with E-state index in [1.165, 1.54) is 77.0 Å². The molecular weight excluding hydrogens is 324 g/mol. The lowest BCUT2D eigenvalue weighted by molar-refractivity contribution is -0.170. The van der Waals surface area contributed by atoms with Crippen molar-refractivity contribution in [3.63, 3.8) is 0 Å². The van der Waals surface area contributed by atoms with E-state index >= 15 is 0 Å². The average Bonchev–Trinajstić information content (AvgIpc) is 2.61. The van der Waals surface area contributed by atoms with Crippen LogP contribution < -0.4 is 0 Å². The summed E-state index contributed by atoms with van der Waals surface area (Å²) in [5.41, 5.74) is -0.732. The molecule has 2 atom stereocenters. The highest BCUT2D eigenvalue weighted by molar-refractivity contribution is 5.69. The highest BCUT2D eigenvalue weighted by Gasteiger charge is 2.33. The first-order valence-corrected chi connectivity index (χ1v) is 11.4. The van der Waals surface area contributed by atoms with E-state index < -0.39 is 11.7 Å². The smallest absolute Gasteiger partial charge is 0.306 e. The van der Waals surface area contributed by atoms with Crippen LogP contribution >= 0.6 is 0 Å². The lowest BCUT2D eigenvalue weighted by Gasteiger charge is -2.32. The largest absolute Gasteiger partial charge is 0.457 e. The molecule has 0 radical (unpaired) electrons. The number of ether oxygens (including phenoxy) is 1. The first kappa shape index (κ1) is 25.4. The van der Waals surface area contributed by atoms with Crippen LogP contribution in [0.15, 0.2) is 0 Å². The number of aliphatic hydroxyl groups excluding tert-OH is 1. The molecule has 2 unspecified atom stereocenters. The summed E-state index contributed by atoms with van der Waals surface area (Å²) in [6.45, 7) is 7.63. The number of esters is 1. The zero-order chi connectivity index (χ0) is 19.7. The normalized spacial score (nSPS) is 14.8. The van der Waals surface area contributed by atoms with Gasteiger partial charge in [0.25, 0.3) is 0 Å². The van der Waals surface area contributed by atoms with Gasteiger partial charge in [-0.05, 0) is 26.7 Å². The number of carbonyl (C=O) groups excluding carboxylic acids is 1. The summed E-state index contributed by atoms with van der Waals surface area (Å²) in [6.07, 6.45) is 19.1. The predicted molar refractivity (Wildman–Crippen MR) is 111 cm³/mol. The Kier molecular flexibility index (Phi) is 16.2. The van der Waals surface area contributed by atoms with Gasteiger partial charge in [0.1, 0.15) is 5.60 Å². The van der Waals surface area contributed by atoms with Crippen molar-refractivity contribution in [3.8, 4) is 0 Å². The first-order chi connectivity index (χ1) is 12.5. The number of unbranched alkanes of at least 4 members (excludes halogenated alkanes) is 13. The summed E-state index contributed by atoms with van der Waals surface area (Å²) in [5.74, 6) is -0.223. The molecule has 0 aliphatic heterocycles. The van der Waals surface area contributed by atoms with Crippen molar-refractivity contribution in [1.82, 2.24) is 0 Å². The molecule has 0 heterocycles. The number of hydrogen-bond donors (Lipinski definition) is 1. The second-order valence-corrected chi connectivity index (χ2v) is 8.16. The maximum absolute atomic E-state index is 11.5. The molecule has 0 fully saturated rings. The van der Waals surface area contributed by atoms with Crippen LogP contribution in [0, 0.1) is 0 Å². The summed E-state index contributed by atoms with van der Waals surface area (Å²) in [5, 5.41) is 9.94. The van der Waals surface area contributed by atoms with E-state index in [0.717, 1.165) is 19.3 Å². The Morgan fingerprint density at radius 2 is 1.19 bits per heavy atom. The van der Waals surface area contributed by atoms with Gasteiger partial charge < -0.3 is 9.84 Å². The number of hydrogen-bond acceptors (Lipinski definition) is 3. The van der Waals surface area contributed by atoms with Gasteiger partial charge in [-0.2, -0.15) is 0 Å². The zero-order valence-electron chi connectivity index (χ0n) is 18.2. The van der Waals surface area contributed by atoms with Crippen molar-refractivity contribution in [2.45, 2.75) is 142 Å². The van der Waals surface area contributed by atoms with Crippen molar-refractivity contribution >= 4 is 5.97 Å². The highest BCUT2D eigenvalue weighted by Crippen LogP contribution is 2.25. The molecule has 156 valence electrons. The second-order valence-electron chi connectivity index (χ2n) is 8.16. The number of carbonyl (C=O) groups is 1. The van der Waals surface area contributed by atoms with Crippen molar-refractivity contribution in [2.75, 3.05) is 0 Å². The van der Waals surface area contributed by atoms with Gasteiger partial charge >= 0.3 is 5.97 Å². The van der Waals surface area contributed by atoms with Gasteiger partial charge in [0.05, 0.1) is 6.10 Å². The van der Waals surface area contributed by atoms with Crippen LogP contribution in [0.1, 0.15) is 130 Å². The average molecular weight is 371 g/mol. The van der Waals surface area contributed by atoms with Crippen LogP contribution in [0.2, 0.25) is 0 Å². The molecule has 3 nitrogen and oxygen atoms in total. The van der Waals surface area contributed by atoms with Gasteiger partial charge in [0.2, 0.25) is 0 Å². The monoisotopic (exact) mass is 370 g/mol. The first-order valence-electron chi connectivity index (χ1n) is 11.4. The van der Waals surface area contributed by atoms with Gasteiger partial charge in [-0.15, -0.1) is 0 Å². The molecule has 3 heteroatoms. The van der Waals surface area contributed by atoms with Crippen LogP contribution in [-0.2, 0) is 9.53 Å². The molecule has 0 aromatic carbocycles. The standard InChI is InChI=1S/C23H46O3/c1-5-7-8-9-10-11-12-13-14-15-16-17-18-19-20-23(4,21(3)24)26-22(25)6-2/h21,24H,5-20H2,1-4H3. The lowest BCUT2D eigenvalue weighted by atomic mass is 9.92. The maximum Gasteiger partial charge on any atom is 0.306 e. The fraction of sp³-hybridized carbons (Fsp3) is 0.957. The molecule has 0 aliphatic rings. The van der Waals surface area contributed by atoms with Crippen LogP contribution in [0.4, 0.5) is 0 Å². The third-order valence-electron chi connectivity index (χ3n) is 5.55. The molecule has 0 saturated heterocycles. The van der Waals surface area contributed by atoms with E-state index in [1.807, 2.05) is 6.92 Å². The third-order valence-corrected chi connectivity index (χ3v) is 5.55. The topological polar surface area (TPSA) is 46.5 Å². The van der Waals surface area contributed by atoms with E-state index in [2.05, 4.69) is 6.92 Å². The van der Waals surface area contributed by atoms with Gasteiger partial charge in [-0.1, -0.05) is 97.3 Å². The molecule has 0 saturated carbocycles. The van der Waals surface area contributed by atoms with Gasteiger partial charge in [-0.25, -0.2) is 0 Å². The van der Waals surface area contributed by atoms with E-state index in [-0.39, 0.29) is 5.97 Å². The summed E-state index contributed by atoms with van der Waals surface area (Å²) in [6, 6.07) is 0. The minimum absolute atomic E-state index is 0.223. The van der Waals surface area contributed by atoms with Crippen LogP contribution in [0.3, 0.4) is 0 Å². The van der Waals surface area contributed by atoms with E-state index in [9.17, 15) is 9.90 Å². The molecule has 0 aromatic rings. The predicted octanol–water partition coefficient (Wildman–Crippen LogP) is 6.95. The minimum atomic E-state index is -0.732. The molecule has 0 amide bonds. The van der Waals surface area contributed by atoms with Crippen molar-refractivity contribution in [1.29, 1.82) is 0 Å². The van der Waals surface area contributed by atoms with E-state index in [0.29, 0.717) is 6.42 Å². The van der Waals surface area contributed by atoms with Crippen molar-refractivity contribution in [2.24, 2.45) is 0 Å². The maximum atomic E-state index is 11.5. The van der Waals surface area contributed by atoms with Crippen molar-refractivity contribution in [3.05, 3.63) is 0 Å². The van der Waals surface area contributed by atoms with E-state index in [1.54, 1.807) is 13.8 Å². The number of aliphatic hydroxyl groups is 1. The Bertz CT molecular complexity index is 327. The Morgan fingerprint density at radius 3 is 1.54 bits per heavy atom. The molecular formula is C23H46O3. The van der Waals surface area contributed by atoms with Gasteiger partial charge in [0.15, 0.2) is 0 Å². The molecule has 0 aliphatic carbocycles. The Hall–Kier alpha value is -0.570. The summed E-state index contributed by atoms with van der Waals surface area (Å²) in [7, 11) is 0. The van der Waals surface area contributed by atoms with E-state index in [4.69, 9.17) is 4.74 Å². The minimum Gasteiger partial charge on any atom is -0.457 e. The highest BCUT2D eigenvalue weighted by atomic mass is 16.6. The van der Waals surface area contributed by atoms with Gasteiger partial charge in [0, 0.05) is 6.42 Å². The SMILES string of the molecule is CCCCCCCCCCCCCCCCC(C)(OC(=O)CC)C(C)O. The fourth-order valence-electron chi connectivity index (χ4n) is 3.35. The lowest BCUT2D eigenvalue weighted by Crippen LogP contribution is -2.42. The Labute approximate surface area is 163 Å². The molecule has 0 aromatic heterocycles. The fourth-order valence-corrected chi connectivity index (χ4v) is 3.35. The molecule has 0 rings (SSSR count). The zero-order valence-corrected chi connectivity index (χ0v) is 18.2. The summed E-state index contributed by atoms with van der Waals surface area (Å²) in [4.78, 5) is 11.5. The molecule has 0 spiro atoms.